The molecule has 0 heterocycles. The summed E-state index contributed by atoms with van der Waals surface area (Å²) in [5, 5.41) is 0. The van der Waals surface area contributed by atoms with E-state index < -0.39 is 0 Å². The minimum Gasteiger partial charge on any atom is -0.496 e. The van der Waals surface area contributed by atoms with Gasteiger partial charge in [0.25, 0.3) is 0 Å². The summed E-state index contributed by atoms with van der Waals surface area (Å²) in [6.45, 7) is 5.71. The molecule has 1 aromatic rings. The van der Waals surface area contributed by atoms with Crippen molar-refractivity contribution >= 4 is 5.57 Å². The molecule has 0 aliphatic rings. The highest BCUT2D eigenvalue weighted by Crippen LogP contribution is 2.38. The fraction of sp³-hybridized carbons (Fsp3) is 0.308. The third kappa shape index (κ3) is 2.30. The first kappa shape index (κ1) is 12.4. The van der Waals surface area contributed by atoms with E-state index in [4.69, 9.17) is 14.2 Å². The lowest BCUT2D eigenvalue weighted by Gasteiger charge is -2.15. The molecule has 1 aromatic carbocycles. The number of methoxy groups -OCH3 is 3. The first-order valence-corrected chi connectivity index (χ1v) is 4.94. The Hall–Kier alpha value is -1.64. The Kier molecular flexibility index (Phi) is 4.23. The fourth-order valence-corrected chi connectivity index (χ4v) is 1.50. The third-order valence-electron chi connectivity index (χ3n) is 2.42. The predicted octanol–water partition coefficient (Wildman–Crippen LogP) is 2.95. The monoisotopic (exact) mass is 221 g/mol. The molecule has 0 aromatic heterocycles. The maximum atomic E-state index is 5.32. The van der Waals surface area contributed by atoms with Gasteiger partial charge in [-0.15, -0.1) is 0 Å². The number of ether oxygens (including phenoxy) is 3. The number of allylic oxidation sites excluding steroid dienone is 2. The number of benzene rings is 1. The highest BCUT2D eigenvalue weighted by molar-refractivity contribution is 5.75. The van der Waals surface area contributed by atoms with Gasteiger partial charge in [0.05, 0.1) is 26.9 Å². The van der Waals surface area contributed by atoms with Crippen molar-refractivity contribution in [2.24, 2.45) is 0 Å². The molecule has 0 aliphatic heterocycles. The van der Waals surface area contributed by atoms with Crippen molar-refractivity contribution in [3.63, 3.8) is 0 Å². The van der Waals surface area contributed by atoms with Crippen LogP contribution < -0.4 is 14.2 Å². The highest BCUT2D eigenvalue weighted by Gasteiger charge is 2.13. The average molecular weight is 221 g/mol. The second-order valence-electron chi connectivity index (χ2n) is 3.29. The number of hydrogen-bond donors (Lipinski definition) is 0. The topological polar surface area (TPSA) is 27.7 Å². The Balaban J connectivity index is 3.43. The van der Waals surface area contributed by atoms with E-state index in [0.717, 1.165) is 11.1 Å². The summed E-state index contributed by atoms with van der Waals surface area (Å²) in [5.74, 6) is 2.14. The van der Waals surface area contributed by atoms with Gasteiger partial charge in [0.15, 0.2) is 0 Å². The second-order valence-corrected chi connectivity index (χ2v) is 3.29. The lowest BCUT2D eigenvalue weighted by atomic mass is 10.0. The van der Waals surface area contributed by atoms with Crippen LogP contribution in [0.2, 0.25) is 0 Å². The van der Waals surface area contributed by atoms with Crippen molar-refractivity contribution in [2.75, 3.05) is 21.3 Å². The molecule has 0 N–H and O–H groups in total. The summed E-state index contributed by atoms with van der Waals surface area (Å²) in [5.41, 5.74) is 1.90. The van der Waals surface area contributed by atoms with Crippen LogP contribution in [0, 0.1) is 6.92 Å². The van der Waals surface area contributed by atoms with E-state index in [2.05, 4.69) is 6.92 Å². The summed E-state index contributed by atoms with van der Waals surface area (Å²) in [7, 11) is 4.85. The van der Waals surface area contributed by atoms with Gasteiger partial charge in [0, 0.05) is 12.1 Å². The molecule has 16 heavy (non-hydrogen) atoms. The summed E-state index contributed by atoms with van der Waals surface area (Å²) >= 11 is 0. The van der Waals surface area contributed by atoms with Crippen LogP contribution in [-0.4, -0.2) is 21.3 Å². The Morgan fingerprint density at radius 3 is 1.88 bits per heavy atom. The molecule has 0 atom stereocenters. The lowest BCUT2D eigenvalue weighted by Crippen LogP contribution is -1.96. The zero-order valence-corrected chi connectivity index (χ0v) is 10.2. The molecule has 1 rings (SSSR count). The van der Waals surface area contributed by atoms with E-state index in [9.17, 15) is 0 Å². The van der Waals surface area contributed by atoms with Crippen LogP contribution >= 0.6 is 0 Å². The molecule has 3 heteroatoms. The largest absolute Gasteiger partial charge is 0.496 e. The number of hydrogen-bond acceptors (Lipinski definition) is 3. The molecule has 3 nitrogen and oxygen atoms in total. The molecule has 1 radical (unpaired) electrons. The van der Waals surface area contributed by atoms with E-state index in [1.165, 1.54) is 0 Å². The molecule has 0 bridgehead atoms. The van der Waals surface area contributed by atoms with Crippen molar-refractivity contribution < 1.29 is 14.2 Å². The van der Waals surface area contributed by atoms with Crippen LogP contribution in [0.15, 0.2) is 18.2 Å². The van der Waals surface area contributed by atoms with Gasteiger partial charge in [0.2, 0.25) is 0 Å². The first-order valence-electron chi connectivity index (χ1n) is 4.94. The van der Waals surface area contributed by atoms with Crippen LogP contribution in [0.3, 0.4) is 0 Å². The van der Waals surface area contributed by atoms with E-state index >= 15 is 0 Å². The van der Waals surface area contributed by atoms with Crippen LogP contribution in [0.5, 0.6) is 17.2 Å². The minimum absolute atomic E-state index is 0.703. The third-order valence-corrected chi connectivity index (χ3v) is 2.42. The zero-order chi connectivity index (χ0) is 12.1. The smallest absolute Gasteiger partial charge is 0.133 e. The average Bonchev–Trinajstić information content (AvgIpc) is 2.35. The van der Waals surface area contributed by atoms with Crippen molar-refractivity contribution in [2.45, 2.75) is 6.92 Å². The molecule has 0 amide bonds. The number of rotatable bonds is 4. The van der Waals surface area contributed by atoms with Crippen molar-refractivity contribution in [3.05, 3.63) is 30.7 Å². The SMILES string of the molecule is [CH2]C=C(C)c1c(OC)cc(OC)cc1OC. The quantitative estimate of drug-likeness (QED) is 0.782. The van der Waals surface area contributed by atoms with Gasteiger partial charge in [0.1, 0.15) is 17.2 Å². The molecule has 0 saturated carbocycles. The van der Waals surface area contributed by atoms with Gasteiger partial charge in [-0.2, -0.15) is 0 Å². The van der Waals surface area contributed by atoms with Crippen LogP contribution in [0.4, 0.5) is 0 Å². The molecule has 0 aliphatic carbocycles. The Labute approximate surface area is 96.6 Å². The van der Waals surface area contributed by atoms with Gasteiger partial charge < -0.3 is 14.2 Å². The van der Waals surface area contributed by atoms with E-state index in [0.29, 0.717) is 17.2 Å². The van der Waals surface area contributed by atoms with Gasteiger partial charge in [-0.25, -0.2) is 0 Å². The zero-order valence-electron chi connectivity index (χ0n) is 10.2. The van der Waals surface area contributed by atoms with E-state index in [-0.39, 0.29) is 0 Å². The van der Waals surface area contributed by atoms with E-state index in [1.54, 1.807) is 27.4 Å². The van der Waals surface area contributed by atoms with Crippen molar-refractivity contribution in [1.82, 2.24) is 0 Å². The minimum atomic E-state index is 0.703. The molecule has 0 fully saturated rings. The van der Waals surface area contributed by atoms with Gasteiger partial charge in [-0.05, 0) is 19.4 Å². The maximum absolute atomic E-state index is 5.32. The predicted molar refractivity (Wildman–Crippen MR) is 65.1 cm³/mol. The van der Waals surface area contributed by atoms with Crippen molar-refractivity contribution in [1.29, 1.82) is 0 Å². The molecule has 0 unspecified atom stereocenters. The molecule has 0 saturated heterocycles. The Bertz CT molecular complexity index is 369. The summed E-state index contributed by atoms with van der Waals surface area (Å²) < 4.78 is 15.8. The van der Waals surface area contributed by atoms with Crippen LogP contribution in [0.25, 0.3) is 5.57 Å². The molecular weight excluding hydrogens is 204 g/mol. The van der Waals surface area contributed by atoms with Gasteiger partial charge >= 0.3 is 0 Å². The van der Waals surface area contributed by atoms with Gasteiger partial charge in [-0.3, -0.25) is 0 Å². The molecule has 87 valence electrons. The molecule has 0 spiro atoms. The summed E-state index contributed by atoms with van der Waals surface area (Å²) in [4.78, 5) is 0. The second kappa shape index (κ2) is 5.45. The fourth-order valence-electron chi connectivity index (χ4n) is 1.50. The Morgan fingerprint density at radius 2 is 1.56 bits per heavy atom. The van der Waals surface area contributed by atoms with Gasteiger partial charge in [-0.1, -0.05) is 6.08 Å². The van der Waals surface area contributed by atoms with Crippen molar-refractivity contribution in [3.8, 4) is 17.2 Å². The first-order chi connectivity index (χ1) is 7.67. The highest BCUT2D eigenvalue weighted by atomic mass is 16.5. The standard InChI is InChI=1S/C13H17O3/c1-6-9(2)13-11(15-4)7-10(14-3)8-12(13)16-5/h6-8H,1H2,2-5H3. The Morgan fingerprint density at radius 1 is 1.06 bits per heavy atom. The molecular formula is C13H17O3. The van der Waals surface area contributed by atoms with Crippen LogP contribution in [-0.2, 0) is 0 Å². The lowest BCUT2D eigenvalue weighted by molar-refractivity contribution is 0.373. The maximum Gasteiger partial charge on any atom is 0.133 e. The van der Waals surface area contributed by atoms with E-state index in [1.807, 2.05) is 19.1 Å². The summed E-state index contributed by atoms with van der Waals surface area (Å²) in [6.07, 6.45) is 1.77. The normalized spacial score (nSPS) is 11.2. The van der Waals surface area contributed by atoms with Crippen LogP contribution in [0.1, 0.15) is 12.5 Å². The summed E-state index contributed by atoms with van der Waals surface area (Å²) in [6, 6.07) is 3.65.